The maximum absolute atomic E-state index is 5.88. The van der Waals surface area contributed by atoms with Crippen LogP contribution in [-0.4, -0.2) is 35.8 Å². The summed E-state index contributed by atoms with van der Waals surface area (Å²) in [5.41, 5.74) is 0. The van der Waals surface area contributed by atoms with Gasteiger partial charge in [0.2, 0.25) is 5.88 Å². The van der Waals surface area contributed by atoms with E-state index in [0.717, 1.165) is 18.7 Å². The van der Waals surface area contributed by atoms with Gasteiger partial charge in [0.25, 0.3) is 0 Å². The van der Waals surface area contributed by atoms with Crippen molar-refractivity contribution in [3.8, 4) is 5.88 Å². The van der Waals surface area contributed by atoms with Crippen molar-refractivity contribution in [2.45, 2.75) is 51.2 Å². The summed E-state index contributed by atoms with van der Waals surface area (Å²) in [6, 6.07) is 0. The van der Waals surface area contributed by atoms with Crippen molar-refractivity contribution < 1.29 is 9.47 Å². The molecule has 0 bridgehead atoms. The Balaban J connectivity index is 1.87. The zero-order valence-corrected chi connectivity index (χ0v) is 11.8. The number of hydrogen-bond acceptors (Lipinski definition) is 5. The van der Waals surface area contributed by atoms with E-state index in [1.807, 2.05) is 6.92 Å². The van der Waals surface area contributed by atoms with Gasteiger partial charge in [-0.3, -0.25) is 4.98 Å². The Kier molecular flexibility index (Phi) is 5.39. The molecule has 0 radical (unpaired) electrons. The smallest absolute Gasteiger partial charge is 0.234 e. The first kappa shape index (κ1) is 14.1. The molecule has 1 aromatic heterocycles. The lowest BCUT2D eigenvalue weighted by Crippen LogP contribution is -2.21. The fourth-order valence-corrected chi connectivity index (χ4v) is 2.18. The molecule has 106 valence electrons. The summed E-state index contributed by atoms with van der Waals surface area (Å²) in [5.74, 6) is 1.35. The SMILES string of the molecule is COC(C)CNc1cncc(OC2CCCCC2)n1. The Bertz CT molecular complexity index is 381. The van der Waals surface area contributed by atoms with Gasteiger partial charge in [-0.2, -0.15) is 4.98 Å². The molecule has 5 nitrogen and oxygen atoms in total. The van der Waals surface area contributed by atoms with Crippen molar-refractivity contribution >= 4 is 5.82 Å². The minimum atomic E-state index is 0.143. The van der Waals surface area contributed by atoms with E-state index in [1.54, 1.807) is 19.5 Å². The zero-order chi connectivity index (χ0) is 13.5. The average Bonchev–Trinajstić information content (AvgIpc) is 2.46. The van der Waals surface area contributed by atoms with E-state index in [9.17, 15) is 0 Å². The third kappa shape index (κ3) is 4.67. The number of ether oxygens (including phenoxy) is 2. The number of nitrogens with one attached hydrogen (secondary N) is 1. The second-order valence-corrected chi connectivity index (χ2v) is 5.05. The molecule has 1 aliphatic rings. The molecule has 2 rings (SSSR count). The minimum Gasteiger partial charge on any atom is -0.473 e. The third-order valence-corrected chi connectivity index (χ3v) is 3.43. The first-order valence-corrected chi connectivity index (χ1v) is 7.03. The molecular formula is C14H23N3O2. The highest BCUT2D eigenvalue weighted by Gasteiger charge is 2.15. The molecule has 5 heteroatoms. The van der Waals surface area contributed by atoms with Gasteiger partial charge in [-0.25, -0.2) is 0 Å². The van der Waals surface area contributed by atoms with E-state index in [4.69, 9.17) is 9.47 Å². The monoisotopic (exact) mass is 265 g/mol. The van der Waals surface area contributed by atoms with Gasteiger partial charge >= 0.3 is 0 Å². The van der Waals surface area contributed by atoms with Crippen LogP contribution in [0.4, 0.5) is 5.82 Å². The first-order valence-electron chi connectivity index (χ1n) is 7.03. The molecule has 1 aromatic rings. The molecule has 0 aliphatic heterocycles. The van der Waals surface area contributed by atoms with Crippen LogP contribution in [0.1, 0.15) is 39.0 Å². The lowest BCUT2D eigenvalue weighted by atomic mass is 9.98. The summed E-state index contributed by atoms with van der Waals surface area (Å²) in [5, 5.41) is 3.19. The van der Waals surface area contributed by atoms with E-state index < -0.39 is 0 Å². The number of rotatable bonds is 6. The average molecular weight is 265 g/mol. The van der Waals surface area contributed by atoms with E-state index >= 15 is 0 Å². The second-order valence-electron chi connectivity index (χ2n) is 5.05. The second kappa shape index (κ2) is 7.28. The van der Waals surface area contributed by atoms with Crippen LogP contribution < -0.4 is 10.1 Å². The molecule has 19 heavy (non-hydrogen) atoms. The zero-order valence-electron chi connectivity index (χ0n) is 11.8. The van der Waals surface area contributed by atoms with Gasteiger partial charge in [0.1, 0.15) is 11.9 Å². The maximum Gasteiger partial charge on any atom is 0.234 e. The summed E-state index contributed by atoms with van der Waals surface area (Å²) >= 11 is 0. The van der Waals surface area contributed by atoms with E-state index in [2.05, 4.69) is 15.3 Å². The third-order valence-electron chi connectivity index (χ3n) is 3.43. The number of nitrogens with zero attached hydrogens (tertiary/aromatic N) is 2. The van der Waals surface area contributed by atoms with E-state index in [-0.39, 0.29) is 6.10 Å². The molecule has 0 spiro atoms. The predicted molar refractivity (Wildman–Crippen MR) is 74.5 cm³/mol. The van der Waals surface area contributed by atoms with Crippen LogP contribution in [0, 0.1) is 0 Å². The Morgan fingerprint density at radius 2 is 2.11 bits per heavy atom. The highest BCUT2D eigenvalue weighted by molar-refractivity contribution is 5.33. The minimum absolute atomic E-state index is 0.143. The highest BCUT2D eigenvalue weighted by atomic mass is 16.5. The molecule has 0 saturated heterocycles. The van der Waals surface area contributed by atoms with Gasteiger partial charge in [0.15, 0.2) is 0 Å². The van der Waals surface area contributed by atoms with Crippen molar-refractivity contribution in [3.63, 3.8) is 0 Å². The summed E-state index contributed by atoms with van der Waals surface area (Å²) in [7, 11) is 1.70. The molecule has 0 amide bonds. The Morgan fingerprint density at radius 1 is 1.32 bits per heavy atom. The Hall–Kier alpha value is -1.36. The van der Waals surface area contributed by atoms with Gasteiger partial charge in [0, 0.05) is 13.7 Å². The standard InChI is InChI=1S/C14H23N3O2/c1-11(18-2)8-16-13-9-15-10-14(17-13)19-12-6-4-3-5-7-12/h9-12H,3-8H2,1-2H3,(H,16,17). The fourth-order valence-electron chi connectivity index (χ4n) is 2.18. The molecule has 1 heterocycles. The van der Waals surface area contributed by atoms with Crippen molar-refractivity contribution in [1.29, 1.82) is 0 Å². The Morgan fingerprint density at radius 3 is 2.84 bits per heavy atom. The highest BCUT2D eigenvalue weighted by Crippen LogP contribution is 2.22. The van der Waals surface area contributed by atoms with Gasteiger partial charge in [0.05, 0.1) is 18.5 Å². The van der Waals surface area contributed by atoms with E-state index in [1.165, 1.54) is 19.3 Å². The predicted octanol–water partition coefficient (Wildman–Crippen LogP) is 2.63. The van der Waals surface area contributed by atoms with Crippen LogP contribution in [0.15, 0.2) is 12.4 Å². The first-order chi connectivity index (χ1) is 9.28. The molecule has 0 aromatic carbocycles. The number of hydrogen-bond donors (Lipinski definition) is 1. The van der Waals surface area contributed by atoms with Crippen LogP contribution in [0.25, 0.3) is 0 Å². The van der Waals surface area contributed by atoms with Gasteiger partial charge in [-0.15, -0.1) is 0 Å². The number of aromatic nitrogens is 2. The molecule has 1 saturated carbocycles. The van der Waals surface area contributed by atoms with Crippen molar-refractivity contribution in [1.82, 2.24) is 9.97 Å². The van der Waals surface area contributed by atoms with Crippen LogP contribution in [0.5, 0.6) is 5.88 Å². The molecule has 1 N–H and O–H groups in total. The van der Waals surface area contributed by atoms with Gasteiger partial charge in [-0.05, 0) is 32.6 Å². The summed E-state index contributed by atoms with van der Waals surface area (Å²) in [6.07, 6.45) is 9.90. The van der Waals surface area contributed by atoms with Crippen LogP contribution in [-0.2, 0) is 4.74 Å². The summed E-state index contributed by atoms with van der Waals surface area (Å²) < 4.78 is 11.1. The van der Waals surface area contributed by atoms with Crippen molar-refractivity contribution in [3.05, 3.63) is 12.4 Å². The van der Waals surface area contributed by atoms with Crippen LogP contribution >= 0.6 is 0 Å². The van der Waals surface area contributed by atoms with Gasteiger partial charge < -0.3 is 14.8 Å². The molecule has 1 aliphatic carbocycles. The largest absolute Gasteiger partial charge is 0.473 e. The lowest BCUT2D eigenvalue weighted by Gasteiger charge is -2.22. The number of methoxy groups -OCH3 is 1. The molecule has 1 fully saturated rings. The lowest BCUT2D eigenvalue weighted by molar-refractivity contribution is 0.128. The van der Waals surface area contributed by atoms with Crippen LogP contribution in [0.2, 0.25) is 0 Å². The van der Waals surface area contributed by atoms with E-state index in [0.29, 0.717) is 18.5 Å². The fraction of sp³-hybridized carbons (Fsp3) is 0.714. The molecule has 1 atom stereocenters. The van der Waals surface area contributed by atoms with Crippen molar-refractivity contribution in [2.75, 3.05) is 19.0 Å². The molecular weight excluding hydrogens is 242 g/mol. The summed E-state index contributed by atoms with van der Waals surface area (Å²) in [4.78, 5) is 8.58. The summed E-state index contributed by atoms with van der Waals surface area (Å²) in [6.45, 7) is 2.71. The number of anilines is 1. The molecule has 1 unspecified atom stereocenters. The van der Waals surface area contributed by atoms with Crippen LogP contribution in [0.3, 0.4) is 0 Å². The topological polar surface area (TPSA) is 56.3 Å². The van der Waals surface area contributed by atoms with Crippen molar-refractivity contribution in [2.24, 2.45) is 0 Å². The normalized spacial score (nSPS) is 18.0. The maximum atomic E-state index is 5.88. The Labute approximate surface area is 114 Å². The quantitative estimate of drug-likeness (QED) is 0.857. The van der Waals surface area contributed by atoms with Gasteiger partial charge in [-0.1, -0.05) is 6.42 Å².